The molecule has 0 aliphatic carbocycles. The highest BCUT2D eigenvalue weighted by atomic mass is 16.5. The summed E-state index contributed by atoms with van der Waals surface area (Å²) in [4.78, 5) is 30.7. The minimum Gasteiger partial charge on any atom is -0.495 e. The van der Waals surface area contributed by atoms with E-state index in [1.54, 1.807) is 7.11 Å². The van der Waals surface area contributed by atoms with Crippen molar-refractivity contribution in [3.8, 4) is 5.75 Å². The summed E-state index contributed by atoms with van der Waals surface area (Å²) in [7, 11) is 1.58. The van der Waals surface area contributed by atoms with Gasteiger partial charge in [0.25, 0.3) is 11.8 Å². The Morgan fingerprint density at radius 2 is 1.76 bits per heavy atom. The van der Waals surface area contributed by atoms with E-state index >= 15 is 0 Å². The van der Waals surface area contributed by atoms with Gasteiger partial charge in [0.15, 0.2) is 0 Å². The van der Waals surface area contributed by atoms with Gasteiger partial charge in [-0.2, -0.15) is 0 Å². The van der Waals surface area contributed by atoms with Crippen LogP contribution < -0.4 is 10.1 Å². The first-order valence-corrected chi connectivity index (χ1v) is 11.4. The molecule has 0 atom stereocenters. The van der Waals surface area contributed by atoms with Crippen molar-refractivity contribution in [3.05, 3.63) is 64.9 Å². The van der Waals surface area contributed by atoms with E-state index in [1.807, 2.05) is 56.3 Å². The second-order valence-electron chi connectivity index (χ2n) is 8.46. The van der Waals surface area contributed by atoms with Gasteiger partial charge in [0.2, 0.25) is 0 Å². The van der Waals surface area contributed by atoms with Crippen molar-refractivity contribution in [2.75, 3.05) is 51.8 Å². The average Bonchev–Trinajstić information content (AvgIpc) is 3.04. The third-order valence-corrected chi connectivity index (χ3v) is 6.15. The van der Waals surface area contributed by atoms with Crippen molar-refractivity contribution in [1.29, 1.82) is 0 Å². The summed E-state index contributed by atoms with van der Waals surface area (Å²) in [5, 5.41) is 3.22. The molecule has 7 heteroatoms. The predicted octanol–water partition coefficient (Wildman–Crippen LogP) is 3.23. The second kappa shape index (κ2) is 10.2. The van der Waals surface area contributed by atoms with Crippen LogP contribution in [0.3, 0.4) is 0 Å². The van der Waals surface area contributed by atoms with Crippen molar-refractivity contribution in [2.45, 2.75) is 20.3 Å². The maximum Gasteiger partial charge on any atom is 0.278 e. The quantitative estimate of drug-likeness (QED) is 0.624. The van der Waals surface area contributed by atoms with Crippen LogP contribution in [0.4, 0.5) is 5.69 Å². The fraction of sp³-hybridized carbons (Fsp3) is 0.385. The van der Waals surface area contributed by atoms with Gasteiger partial charge in [0.05, 0.1) is 31.6 Å². The van der Waals surface area contributed by atoms with E-state index in [0.29, 0.717) is 29.3 Å². The van der Waals surface area contributed by atoms with E-state index in [9.17, 15) is 9.59 Å². The number of nitrogens with one attached hydrogen (secondary N) is 1. The number of nitrogens with zero attached hydrogens (tertiary/aromatic N) is 2. The Morgan fingerprint density at radius 3 is 2.48 bits per heavy atom. The number of hydrogen-bond acceptors (Lipinski definition) is 6. The number of rotatable bonds is 8. The molecule has 0 aromatic heterocycles. The molecule has 1 fully saturated rings. The monoisotopic (exact) mass is 449 g/mol. The van der Waals surface area contributed by atoms with Gasteiger partial charge in [0.1, 0.15) is 11.4 Å². The molecule has 2 heterocycles. The Balaban J connectivity index is 1.62. The van der Waals surface area contributed by atoms with E-state index < -0.39 is 0 Å². The number of imide groups is 1. The number of para-hydroxylation sites is 2. The molecular weight excluding hydrogens is 418 g/mol. The molecule has 0 bridgehead atoms. The van der Waals surface area contributed by atoms with Crippen LogP contribution in [0.25, 0.3) is 5.57 Å². The minimum absolute atomic E-state index is 0.258. The van der Waals surface area contributed by atoms with E-state index in [0.717, 1.165) is 56.0 Å². The normalized spacial score (nSPS) is 17.1. The first-order valence-electron chi connectivity index (χ1n) is 11.4. The van der Waals surface area contributed by atoms with Crippen LogP contribution in [0.1, 0.15) is 23.1 Å². The van der Waals surface area contributed by atoms with Crippen LogP contribution in [0.15, 0.2) is 48.2 Å². The fourth-order valence-electron chi connectivity index (χ4n) is 4.40. The molecule has 7 nitrogen and oxygen atoms in total. The Morgan fingerprint density at radius 1 is 1.00 bits per heavy atom. The molecule has 2 aliphatic heterocycles. The van der Waals surface area contributed by atoms with Gasteiger partial charge in [0, 0.05) is 26.2 Å². The van der Waals surface area contributed by atoms with E-state index in [1.165, 1.54) is 4.90 Å². The second-order valence-corrected chi connectivity index (χ2v) is 8.46. The largest absolute Gasteiger partial charge is 0.495 e. The number of methoxy groups -OCH3 is 1. The zero-order valence-electron chi connectivity index (χ0n) is 19.5. The molecule has 2 aromatic rings. The lowest BCUT2D eigenvalue weighted by atomic mass is 9.97. The highest BCUT2D eigenvalue weighted by Crippen LogP contribution is 2.34. The average molecular weight is 450 g/mol. The maximum absolute atomic E-state index is 13.5. The summed E-state index contributed by atoms with van der Waals surface area (Å²) in [5.74, 6) is 0.0465. The topological polar surface area (TPSA) is 71.1 Å². The molecule has 2 aliphatic rings. The van der Waals surface area contributed by atoms with Crippen LogP contribution in [-0.4, -0.2) is 68.1 Å². The van der Waals surface area contributed by atoms with Crippen molar-refractivity contribution < 1.29 is 19.1 Å². The number of hydrogen-bond donors (Lipinski definition) is 1. The standard InChI is InChI=1S/C26H31N3O4/c1-18-9-10-20(19(2)17-18)23-24(27-21-7-4-5-8-22(21)32-3)26(31)29(25(23)30)12-6-11-28-13-15-33-16-14-28/h4-5,7-10,17,27H,6,11-16H2,1-3H3. The van der Waals surface area contributed by atoms with Crippen LogP contribution >= 0.6 is 0 Å². The van der Waals surface area contributed by atoms with Crippen molar-refractivity contribution in [2.24, 2.45) is 0 Å². The number of carbonyl (C=O) groups excluding carboxylic acids is 2. The van der Waals surface area contributed by atoms with Gasteiger partial charge < -0.3 is 14.8 Å². The molecule has 2 amide bonds. The minimum atomic E-state index is -0.303. The highest BCUT2D eigenvalue weighted by molar-refractivity contribution is 6.36. The molecule has 1 saturated heterocycles. The summed E-state index contributed by atoms with van der Waals surface area (Å²) < 4.78 is 10.8. The third-order valence-electron chi connectivity index (χ3n) is 6.15. The first kappa shape index (κ1) is 23.0. The van der Waals surface area contributed by atoms with Crippen molar-refractivity contribution >= 4 is 23.1 Å². The number of anilines is 1. The van der Waals surface area contributed by atoms with Crippen LogP contribution in [0.2, 0.25) is 0 Å². The Hall–Kier alpha value is -3.16. The Bertz CT molecular complexity index is 1070. The lowest BCUT2D eigenvalue weighted by molar-refractivity contribution is -0.136. The Kier molecular flexibility index (Phi) is 7.11. The summed E-state index contributed by atoms with van der Waals surface area (Å²) in [6, 6.07) is 13.3. The molecule has 0 spiro atoms. The van der Waals surface area contributed by atoms with Crippen LogP contribution in [0.5, 0.6) is 5.75 Å². The summed E-state index contributed by atoms with van der Waals surface area (Å²) in [5.41, 5.74) is 4.19. The Labute approximate surface area is 195 Å². The number of ether oxygens (including phenoxy) is 2. The fourth-order valence-corrected chi connectivity index (χ4v) is 4.40. The van der Waals surface area contributed by atoms with E-state index in [-0.39, 0.29) is 11.8 Å². The third kappa shape index (κ3) is 4.94. The number of benzene rings is 2. The first-order chi connectivity index (χ1) is 16.0. The van der Waals surface area contributed by atoms with Gasteiger partial charge in [-0.15, -0.1) is 0 Å². The van der Waals surface area contributed by atoms with Crippen LogP contribution in [0, 0.1) is 13.8 Å². The number of morpholine rings is 1. The molecule has 33 heavy (non-hydrogen) atoms. The van der Waals surface area contributed by atoms with E-state index in [2.05, 4.69) is 10.2 Å². The van der Waals surface area contributed by atoms with Gasteiger partial charge in [-0.3, -0.25) is 19.4 Å². The van der Waals surface area contributed by atoms with Gasteiger partial charge in [-0.25, -0.2) is 0 Å². The zero-order chi connectivity index (χ0) is 23.4. The molecule has 0 saturated carbocycles. The SMILES string of the molecule is COc1ccccc1NC1=C(c2ccc(C)cc2C)C(=O)N(CCCN2CCOCC2)C1=O. The van der Waals surface area contributed by atoms with Gasteiger partial charge >= 0.3 is 0 Å². The van der Waals surface area contributed by atoms with Crippen molar-refractivity contribution in [1.82, 2.24) is 9.80 Å². The number of amides is 2. The molecule has 2 aromatic carbocycles. The molecule has 0 radical (unpaired) electrons. The predicted molar refractivity (Wildman–Crippen MR) is 128 cm³/mol. The molecular formula is C26H31N3O4. The lowest BCUT2D eigenvalue weighted by Crippen LogP contribution is -2.39. The van der Waals surface area contributed by atoms with Crippen molar-refractivity contribution in [3.63, 3.8) is 0 Å². The molecule has 1 N–H and O–H groups in total. The van der Waals surface area contributed by atoms with Gasteiger partial charge in [-0.1, -0.05) is 35.9 Å². The number of carbonyl (C=O) groups is 2. The lowest BCUT2D eigenvalue weighted by Gasteiger charge is -2.27. The smallest absolute Gasteiger partial charge is 0.278 e. The highest BCUT2D eigenvalue weighted by Gasteiger charge is 2.39. The zero-order valence-corrected chi connectivity index (χ0v) is 19.5. The molecule has 0 unspecified atom stereocenters. The van der Waals surface area contributed by atoms with E-state index in [4.69, 9.17) is 9.47 Å². The van der Waals surface area contributed by atoms with Crippen LogP contribution in [-0.2, 0) is 14.3 Å². The summed E-state index contributed by atoms with van der Waals surface area (Å²) >= 11 is 0. The van der Waals surface area contributed by atoms with Gasteiger partial charge in [-0.05, 0) is 43.5 Å². The summed E-state index contributed by atoms with van der Waals surface area (Å²) in [6.07, 6.45) is 0.722. The summed E-state index contributed by atoms with van der Waals surface area (Å²) in [6.45, 7) is 8.41. The molecule has 174 valence electrons. The maximum atomic E-state index is 13.5. The molecule has 4 rings (SSSR count). The number of aryl methyl sites for hydroxylation is 2.